The number of aryl methyl sites for hydroxylation is 1. The monoisotopic (exact) mass is 263 g/mol. The van der Waals surface area contributed by atoms with E-state index in [1.165, 1.54) is 19.0 Å². The van der Waals surface area contributed by atoms with Gasteiger partial charge < -0.3 is 15.3 Å². The fourth-order valence-electron chi connectivity index (χ4n) is 2.51. The molecule has 1 fully saturated rings. The Morgan fingerprint density at radius 3 is 3.05 bits per heavy atom. The standard InChI is InChI=1S/C14H21N3O2/c1-10-7-13(12(9-15-10)14(18)19)16-8-11-5-3-4-6-17(11)2/h7,9,11H,3-6,8H2,1-2H3,(H,15,16)(H,18,19). The van der Waals surface area contributed by atoms with Crippen molar-refractivity contribution < 1.29 is 9.90 Å². The molecular formula is C14H21N3O2. The van der Waals surface area contributed by atoms with Gasteiger partial charge in [-0.25, -0.2) is 4.79 Å². The minimum Gasteiger partial charge on any atom is -0.478 e. The van der Waals surface area contributed by atoms with Crippen molar-refractivity contribution in [2.45, 2.75) is 32.2 Å². The van der Waals surface area contributed by atoms with Crippen LogP contribution in [0.5, 0.6) is 0 Å². The smallest absolute Gasteiger partial charge is 0.339 e. The molecule has 2 rings (SSSR count). The molecule has 0 radical (unpaired) electrons. The summed E-state index contributed by atoms with van der Waals surface area (Å²) < 4.78 is 0. The van der Waals surface area contributed by atoms with Gasteiger partial charge in [0.15, 0.2) is 0 Å². The van der Waals surface area contributed by atoms with Crippen LogP contribution in [-0.4, -0.2) is 47.1 Å². The third-order valence-corrected chi connectivity index (χ3v) is 3.72. The van der Waals surface area contributed by atoms with E-state index in [0.717, 1.165) is 25.2 Å². The van der Waals surface area contributed by atoms with E-state index in [4.69, 9.17) is 5.11 Å². The SMILES string of the molecule is Cc1cc(NCC2CCCCN2C)c(C(=O)O)cn1. The molecule has 0 amide bonds. The number of hydrogen-bond acceptors (Lipinski definition) is 4. The highest BCUT2D eigenvalue weighted by molar-refractivity contribution is 5.93. The van der Waals surface area contributed by atoms with E-state index < -0.39 is 5.97 Å². The van der Waals surface area contributed by atoms with E-state index in [-0.39, 0.29) is 5.56 Å². The number of pyridine rings is 1. The van der Waals surface area contributed by atoms with Crippen LogP contribution in [0.1, 0.15) is 35.3 Å². The molecule has 19 heavy (non-hydrogen) atoms. The van der Waals surface area contributed by atoms with E-state index in [9.17, 15) is 4.79 Å². The van der Waals surface area contributed by atoms with E-state index >= 15 is 0 Å². The van der Waals surface area contributed by atoms with Crippen molar-refractivity contribution in [1.82, 2.24) is 9.88 Å². The fourth-order valence-corrected chi connectivity index (χ4v) is 2.51. The summed E-state index contributed by atoms with van der Waals surface area (Å²) in [6, 6.07) is 2.27. The second-order valence-electron chi connectivity index (χ2n) is 5.19. The van der Waals surface area contributed by atoms with E-state index in [1.807, 2.05) is 6.92 Å². The number of nitrogens with one attached hydrogen (secondary N) is 1. The highest BCUT2D eigenvalue weighted by Crippen LogP contribution is 2.19. The molecule has 1 aliphatic rings. The van der Waals surface area contributed by atoms with Crippen molar-refractivity contribution in [3.63, 3.8) is 0 Å². The maximum absolute atomic E-state index is 11.2. The summed E-state index contributed by atoms with van der Waals surface area (Å²) in [6.07, 6.45) is 5.08. The van der Waals surface area contributed by atoms with Gasteiger partial charge in [-0.2, -0.15) is 0 Å². The summed E-state index contributed by atoms with van der Waals surface area (Å²) in [6.45, 7) is 3.76. The van der Waals surface area contributed by atoms with Gasteiger partial charge >= 0.3 is 5.97 Å². The number of aromatic nitrogens is 1. The summed E-state index contributed by atoms with van der Waals surface area (Å²) in [5, 5.41) is 12.4. The van der Waals surface area contributed by atoms with Crippen LogP contribution in [0.2, 0.25) is 0 Å². The van der Waals surface area contributed by atoms with Crippen molar-refractivity contribution >= 4 is 11.7 Å². The summed E-state index contributed by atoms with van der Waals surface area (Å²) in [5.41, 5.74) is 1.73. The minimum atomic E-state index is -0.938. The number of carboxylic acids is 1. The molecule has 0 aliphatic carbocycles. The summed E-state index contributed by atoms with van der Waals surface area (Å²) in [4.78, 5) is 17.5. The van der Waals surface area contributed by atoms with Gasteiger partial charge in [0.25, 0.3) is 0 Å². The molecule has 0 bridgehead atoms. The van der Waals surface area contributed by atoms with Crippen LogP contribution >= 0.6 is 0 Å². The normalized spacial score (nSPS) is 20.2. The van der Waals surface area contributed by atoms with Crippen LogP contribution in [-0.2, 0) is 0 Å². The Labute approximate surface area is 113 Å². The molecular weight excluding hydrogens is 242 g/mol. The highest BCUT2D eigenvalue weighted by Gasteiger charge is 2.19. The average molecular weight is 263 g/mol. The number of aromatic carboxylic acids is 1. The van der Waals surface area contributed by atoms with Gasteiger partial charge in [-0.3, -0.25) is 4.98 Å². The fraction of sp³-hybridized carbons (Fsp3) is 0.571. The molecule has 1 aromatic heterocycles. The van der Waals surface area contributed by atoms with Crippen LogP contribution in [0.25, 0.3) is 0 Å². The first-order valence-electron chi connectivity index (χ1n) is 6.72. The Hall–Kier alpha value is -1.62. The largest absolute Gasteiger partial charge is 0.478 e. The van der Waals surface area contributed by atoms with Gasteiger partial charge in [-0.1, -0.05) is 6.42 Å². The van der Waals surface area contributed by atoms with Gasteiger partial charge in [0, 0.05) is 24.5 Å². The lowest BCUT2D eigenvalue weighted by molar-refractivity contribution is 0.0697. The van der Waals surface area contributed by atoms with Crippen molar-refractivity contribution in [3.8, 4) is 0 Å². The molecule has 2 N–H and O–H groups in total. The summed E-state index contributed by atoms with van der Waals surface area (Å²) in [5.74, 6) is -0.938. The second kappa shape index (κ2) is 6.02. The zero-order chi connectivity index (χ0) is 13.8. The lowest BCUT2D eigenvalue weighted by atomic mass is 10.0. The lowest BCUT2D eigenvalue weighted by Crippen LogP contribution is -2.40. The molecule has 5 heteroatoms. The van der Waals surface area contributed by atoms with Crippen LogP contribution in [0.4, 0.5) is 5.69 Å². The minimum absolute atomic E-state index is 0.240. The molecule has 1 aromatic rings. The predicted octanol–water partition coefficient (Wildman–Crippen LogP) is 1.98. The number of likely N-dealkylation sites (N-methyl/N-ethyl adjacent to an activating group) is 1. The van der Waals surface area contributed by atoms with Gasteiger partial charge in [-0.15, -0.1) is 0 Å². The average Bonchev–Trinajstić information content (AvgIpc) is 2.37. The number of rotatable bonds is 4. The Kier molecular flexibility index (Phi) is 4.37. The van der Waals surface area contributed by atoms with Gasteiger partial charge in [-0.05, 0) is 39.4 Å². The first-order valence-corrected chi connectivity index (χ1v) is 6.72. The molecule has 0 saturated carbocycles. The first kappa shape index (κ1) is 13.8. The molecule has 104 valence electrons. The van der Waals surface area contributed by atoms with Crippen molar-refractivity contribution in [2.24, 2.45) is 0 Å². The van der Waals surface area contributed by atoms with Gasteiger partial charge in [0.05, 0.1) is 5.69 Å². The number of carbonyl (C=O) groups is 1. The first-order chi connectivity index (χ1) is 9.08. The summed E-state index contributed by atoms with van der Waals surface area (Å²) in [7, 11) is 2.13. The third-order valence-electron chi connectivity index (χ3n) is 3.72. The molecule has 1 aliphatic heterocycles. The number of piperidine rings is 1. The van der Waals surface area contributed by atoms with Crippen LogP contribution in [0, 0.1) is 6.92 Å². The molecule has 1 saturated heterocycles. The maximum Gasteiger partial charge on any atom is 0.339 e. The Bertz CT molecular complexity index is 462. The maximum atomic E-state index is 11.2. The van der Waals surface area contributed by atoms with Crippen LogP contribution < -0.4 is 5.32 Å². The topological polar surface area (TPSA) is 65.5 Å². The van der Waals surface area contributed by atoms with Gasteiger partial charge in [0.1, 0.15) is 5.56 Å². The molecule has 0 spiro atoms. The number of hydrogen-bond donors (Lipinski definition) is 2. The Morgan fingerprint density at radius 1 is 1.58 bits per heavy atom. The van der Waals surface area contributed by atoms with Crippen LogP contribution in [0.3, 0.4) is 0 Å². The van der Waals surface area contributed by atoms with Gasteiger partial charge in [0.2, 0.25) is 0 Å². The third kappa shape index (κ3) is 3.44. The molecule has 1 unspecified atom stereocenters. The summed E-state index contributed by atoms with van der Waals surface area (Å²) >= 11 is 0. The zero-order valence-electron chi connectivity index (χ0n) is 11.5. The second-order valence-corrected chi connectivity index (χ2v) is 5.19. The van der Waals surface area contributed by atoms with Crippen LogP contribution in [0.15, 0.2) is 12.3 Å². The van der Waals surface area contributed by atoms with E-state index in [1.54, 1.807) is 6.07 Å². The number of likely N-dealkylation sites (tertiary alicyclic amines) is 1. The van der Waals surface area contributed by atoms with Crippen molar-refractivity contribution in [1.29, 1.82) is 0 Å². The predicted molar refractivity (Wildman–Crippen MR) is 74.7 cm³/mol. The Morgan fingerprint density at radius 2 is 2.37 bits per heavy atom. The van der Waals surface area contributed by atoms with Crippen molar-refractivity contribution in [3.05, 3.63) is 23.5 Å². The Balaban J connectivity index is 2.05. The molecule has 2 heterocycles. The van der Waals surface area contributed by atoms with Crippen molar-refractivity contribution in [2.75, 3.05) is 25.5 Å². The molecule has 0 aromatic carbocycles. The number of anilines is 1. The van der Waals surface area contributed by atoms with E-state index in [0.29, 0.717) is 11.7 Å². The lowest BCUT2D eigenvalue weighted by Gasteiger charge is -2.32. The quantitative estimate of drug-likeness (QED) is 0.869. The highest BCUT2D eigenvalue weighted by atomic mass is 16.4. The number of nitrogens with zero attached hydrogens (tertiary/aromatic N) is 2. The number of carboxylic acid groups (broad SMARTS) is 1. The zero-order valence-corrected chi connectivity index (χ0v) is 11.5. The van der Waals surface area contributed by atoms with E-state index in [2.05, 4.69) is 22.2 Å². The molecule has 1 atom stereocenters. The molecule has 5 nitrogen and oxygen atoms in total.